The van der Waals surface area contributed by atoms with Gasteiger partial charge in [-0.1, -0.05) is 29.8 Å². The van der Waals surface area contributed by atoms with Crippen molar-refractivity contribution in [2.24, 2.45) is 0 Å². The highest BCUT2D eigenvalue weighted by Gasteiger charge is 2.07. The molecule has 0 unspecified atom stereocenters. The van der Waals surface area contributed by atoms with E-state index in [1.54, 1.807) is 6.07 Å². The summed E-state index contributed by atoms with van der Waals surface area (Å²) in [6, 6.07) is 3.77. The summed E-state index contributed by atoms with van der Waals surface area (Å²) in [4.78, 5) is 0. The van der Waals surface area contributed by atoms with Crippen LogP contribution < -0.4 is 0 Å². The molecule has 1 nitrogen and oxygen atoms in total. The zero-order chi connectivity index (χ0) is 9.30. The number of benzene rings is 1. The molecule has 2 heteroatoms. The molecule has 0 radical (unpaired) electrons. The number of halogens is 1. The first-order valence-electron chi connectivity index (χ1n) is 4.01. The topological polar surface area (TPSA) is 20.2 Å². The van der Waals surface area contributed by atoms with Gasteiger partial charge >= 0.3 is 1.43 Å². The van der Waals surface area contributed by atoms with E-state index in [-0.39, 0.29) is 1.43 Å². The normalized spacial score (nSPS) is 10.8. The molecule has 1 aromatic rings. The van der Waals surface area contributed by atoms with E-state index >= 15 is 0 Å². The van der Waals surface area contributed by atoms with Gasteiger partial charge in [-0.15, -0.1) is 0 Å². The van der Waals surface area contributed by atoms with Crippen molar-refractivity contribution in [1.82, 2.24) is 0 Å². The van der Waals surface area contributed by atoms with Crippen molar-refractivity contribution in [1.29, 1.82) is 0 Å². The van der Waals surface area contributed by atoms with Crippen LogP contribution in [0.1, 0.15) is 32.3 Å². The molecule has 0 heterocycles. The van der Waals surface area contributed by atoms with E-state index in [0.717, 1.165) is 15.6 Å². The number of hydrogen-bond acceptors (Lipinski definition) is 1. The van der Waals surface area contributed by atoms with E-state index in [2.05, 4.69) is 29.8 Å². The molecule has 0 saturated carbocycles. The first kappa shape index (κ1) is 9.59. The summed E-state index contributed by atoms with van der Waals surface area (Å²) in [6.45, 7) is 6.10. The van der Waals surface area contributed by atoms with E-state index < -0.39 is 0 Å². The molecule has 1 N–H and O–H groups in total. The number of phenols is 1. The zero-order valence-corrected chi connectivity index (χ0v) is 9.14. The highest BCUT2D eigenvalue weighted by molar-refractivity contribution is 9.10. The number of hydrogen-bond donors (Lipinski definition) is 1. The average Bonchev–Trinajstić information content (AvgIpc) is 1.96. The molecule has 0 saturated heterocycles. The molecule has 0 atom stereocenters. The van der Waals surface area contributed by atoms with Crippen LogP contribution in [0.4, 0.5) is 0 Å². The molecular weight excluding hydrogens is 216 g/mol. The van der Waals surface area contributed by atoms with Gasteiger partial charge in [0.2, 0.25) is 0 Å². The minimum absolute atomic E-state index is 0. The van der Waals surface area contributed by atoms with E-state index in [1.165, 1.54) is 0 Å². The molecule has 66 valence electrons. The van der Waals surface area contributed by atoms with Crippen LogP contribution >= 0.6 is 15.9 Å². The van der Waals surface area contributed by atoms with E-state index in [4.69, 9.17) is 0 Å². The SMILES string of the molecule is Cc1cc(O)c(C(C)C)cc1Br.[H+]. The second-order valence-electron chi connectivity index (χ2n) is 3.31. The molecule has 0 aliphatic rings. The average molecular weight is 230 g/mol. The highest BCUT2D eigenvalue weighted by Crippen LogP contribution is 2.30. The summed E-state index contributed by atoms with van der Waals surface area (Å²) in [5, 5.41) is 9.57. The molecule has 0 aliphatic heterocycles. The van der Waals surface area contributed by atoms with Crippen LogP contribution in [0.5, 0.6) is 5.75 Å². The van der Waals surface area contributed by atoms with Crippen molar-refractivity contribution in [2.75, 3.05) is 0 Å². The largest absolute Gasteiger partial charge is 1.00 e. The molecule has 0 aromatic heterocycles. The van der Waals surface area contributed by atoms with Crippen molar-refractivity contribution < 1.29 is 6.53 Å². The van der Waals surface area contributed by atoms with Crippen LogP contribution in [0.15, 0.2) is 16.6 Å². The Bertz CT molecular complexity index is 297. The number of rotatable bonds is 1. The van der Waals surface area contributed by atoms with E-state index in [1.807, 2.05) is 13.0 Å². The first-order valence-corrected chi connectivity index (χ1v) is 4.80. The predicted octanol–water partition coefficient (Wildman–Crippen LogP) is 3.70. The molecule has 0 bridgehead atoms. The van der Waals surface area contributed by atoms with Crippen LogP contribution in [0.3, 0.4) is 0 Å². The van der Waals surface area contributed by atoms with Gasteiger partial charge in [0.25, 0.3) is 0 Å². The number of phenolic OH excluding ortho intramolecular Hbond substituents is 1. The van der Waals surface area contributed by atoms with Crippen LogP contribution in [-0.4, -0.2) is 5.11 Å². The third kappa shape index (κ3) is 1.81. The highest BCUT2D eigenvalue weighted by atomic mass is 79.9. The molecule has 1 rings (SSSR count). The van der Waals surface area contributed by atoms with E-state index in [9.17, 15) is 5.11 Å². The van der Waals surface area contributed by atoms with Crippen molar-refractivity contribution >= 4 is 15.9 Å². The van der Waals surface area contributed by atoms with Gasteiger partial charge < -0.3 is 5.11 Å². The molecule has 0 fully saturated rings. The Morgan fingerprint density at radius 3 is 2.50 bits per heavy atom. The fourth-order valence-corrected chi connectivity index (χ4v) is 1.51. The van der Waals surface area contributed by atoms with Gasteiger partial charge in [-0.2, -0.15) is 0 Å². The second-order valence-corrected chi connectivity index (χ2v) is 4.17. The van der Waals surface area contributed by atoms with Gasteiger partial charge in [0.1, 0.15) is 5.75 Å². The van der Waals surface area contributed by atoms with Gasteiger partial charge in [0, 0.05) is 4.47 Å². The lowest BCUT2D eigenvalue weighted by molar-refractivity contribution is 0.464. The first-order chi connectivity index (χ1) is 5.52. The molecule has 1 aromatic carbocycles. The Labute approximate surface area is 83.0 Å². The second kappa shape index (κ2) is 3.48. The summed E-state index contributed by atoms with van der Waals surface area (Å²) in [6.07, 6.45) is 0. The van der Waals surface area contributed by atoms with Gasteiger partial charge in [0.15, 0.2) is 0 Å². The fourth-order valence-electron chi connectivity index (χ4n) is 1.14. The zero-order valence-electron chi connectivity index (χ0n) is 8.56. The maximum absolute atomic E-state index is 9.57. The van der Waals surface area contributed by atoms with Crippen LogP contribution in [-0.2, 0) is 0 Å². The van der Waals surface area contributed by atoms with E-state index in [0.29, 0.717) is 11.7 Å². The predicted molar refractivity (Wildman–Crippen MR) is 55.7 cm³/mol. The number of aryl methyl sites for hydroxylation is 1. The van der Waals surface area contributed by atoms with Crippen molar-refractivity contribution in [3.8, 4) is 5.75 Å². The van der Waals surface area contributed by atoms with Crippen LogP contribution in [0, 0.1) is 6.92 Å². The van der Waals surface area contributed by atoms with Gasteiger partial charge in [-0.25, -0.2) is 0 Å². The lowest BCUT2D eigenvalue weighted by Crippen LogP contribution is -1.89. The third-order valence-corrected chi connectivity index (χ3v) is 2.78. The maximum atomic E-state index is 9.57. The lowest BCUT2D eigenvalue weighted by Gasteiger charge is -2.10. The smallest absolute Gasteiger partial charge is 0.508 e. The molecular formula is C10H14BrO+. The van der Waals surface area contributed by atoms with Crippen LogP contribution in [0.25, 0.3) is 0 Å². The number of aromatic hydroxyl groups is 1. The van der Waals surface area contributed by atoms with Crippen molar-refractivity contribution in [2.45, 2.75) is 26.7 Å². The minimum atomic E-state index is 0. The molecule has 0 spiro atoms. The Balaban J connectivity index is 0.00000144. The molecule has 0 aliphatic carbocycles. The van der Waals surface area contributed by atoms with Crippen LogP contribution in [0.2, 0.25) is 0 Å². The maximum Gasteiger partial charge on any atom is 1.00 e. The third-order valence-electron chi connectivity index (χ3n) is 1.93. The monoisotopic (exact) mass is 229 g/mol. The standard InChI is InChI=1S/C10H13BrO/c1-6(2)8-5-9(11)7(3)4-10(8)12/h4-6,12H,1-3H3/p+1. The summed E-state index contributed by atoms with van der Waals surface area (Å²) in [5.41, 5.74) is 2.06. The minimum Gasteiger partial charge on any atom is -0.508 e. The molecule has 12 heavy (non-hydrogen) atoms. The Morgan fingerprint density at radius 2 is 2.00 bits per heavy atom. The summed E-state index contributed by atoms with van der Waals surface area (Å²) in [5.74, 6) is 0.757. The Morgan fingerprint density at radius 1 is 1.42 bits per heavy atom. The summed E-state index contributed by atoms with van der Waals surface area (Å²) < 4.78 is 1.06. The Kier molecular flexibility index (Phi) is 2.78. The summed E-state index contributed by atoms with van der Waals surface area (Å²) >= 11 is 3.44. The van der Waals surface area contributed by atoms with Crippen molar-refractivity contribution in [3.05, 3.63) is 27.7 Å². The lowest BCUT2D eigenvalue weighted by atomic mass is 10.0. The van der Waals surface area contributed by atoms with Gasteiger partial charge in [0.05, 0.1) is 0 Å². The summed E-state index contributed by atoms with van der Waals surface area (Å²) in [7, 11) is 0. The fraction of sp³-hybridized carbons (Fsp3) is 0.400. The quantitative estimate of drug-likeness (QED) is 0.779. The molecule has 0 amide bonds. The Hall–Kier alpha value is -0.500. The van der Waals surface area contributed by atoms with Crippen molar-refractivity contribution in [3.63, 3.8) is 0 Å². The van der Waals surface area contributed by atoms with Gasteiger partial charge in [-0.05, 0) is 36.1 Å². The van der Waals surface area contributed by atoms with Gasteiger partial charge in [-0.3, -0.25) is 0 Å².